The molecule has 1 aromatic rings. The second kappa shape index (κ2) is 7.17. The largest absolute Gasteiger partial charge is 0.307 e. The van der Waals surface area contributed by atoms with Crippen molar-refractivity contribution in [2.75, 3.05) is 0 Å². The highest BCUT2D eigenvalue weighted by Gasteiger charge is 2.16. The zero-order chi connectivity index (χ0) is 12.8. The third-order valence-corrected chi connectivity index (χ3v) is 3.81. The fraction of sp³-hybridized carbons (Fsp3) is 0.600. The van der Waals surface area contributed by atoms with E-state index >= 15 is 0 Å². The van der Waals surface area contributed by atoms with Gasteiger partial charge in [-0.25, -0.2) is 0 Å². The summed E-state index contributed by atoms with van der Waals surface area (Å²) in [5.74, 6) is 0.682. The van der Waals surface area contributed by atoms with Gasteiger partial charge in [0.15, 0.2) is 0 Å². The van der Waals surface area contributed by atoms with Crippen molar-refractivity contribution in [3.63, 3.8) is 0 Å². The maximum atomic E-state index is 3.78. The van der Waals surface area contributed by atoms with Crippen LogP contribution >= 0.6 is 15.9 Å². The Kier molecular flexibility index (Phi) is 6.21. The number of hydrogen-bond donors (Lipinski definition) is 1. The number of halogens is 1. The van der Waals surface area contributed by atoms with E-state index in [4.69, 9.17) is 0 Å². The summed E-state index contributed by atoms with van der Waals surface area (Å²) in [6, 6.07) is 9.67. The summed E-state index contributed by atoms with van der Waals surface area (Å²) in [6.45, 7) is 9.07. The molecule has 0 aliphatic heterocycles. The quantitative estimate of drug-likeness (QED) is 0.785. The fourth-order valence-corrected chi connectivity index (χ4v) is 2.63. The van der Waals surface area contributed by atoms with Crippen molar-refractivity contribution in [1.82, 2.24) is 5.32 Å². The normalized spacial score (nSPS) is 14.9. The first-order valence-electron chi connectivity index (χ1n) is 6.60. The average molecular weight is 298 g/mol. The molecule has 0 amide bonds. The second-order valence-electron chi connectivity index (χ2n) is 4.94. The summed E-state index contributed by atoms with van der Waals surface area (Å²) in [7, 11) is 0. The third kappa shape index (κ3) is 4.44. The van der Waals surface area contributed by atoms with Gasteiger partial charge in [-0.1, -0.05) is 55.8 Å². The predicted molar refractivity (Wildman–Crippen MR) is 79.2 cm³/mol. The van der Waals surface area contributed by atoms with Gasteiger partial charge in [0.2, 0.25) is 0 Å². The van der Waals surface area contributed by atoms with Crippen LogP contribution in [0.3, 0.4) is 0 Å². The molecule has 0 aliphatic carbocycles. The number of hydrogen-bond acceptors (Lipinski definition) is 1. The summed E-state index contributed by atoms with van der Waals surface area (Å²) in [6.07, 6.45) is 2.31. The predicted octanol–water partition coefficient (Wildman–Crippen LogP) is 4.92. The van der Waals surface area contributed by atoms with Gasteiger partial charge in [0.1, 0.15) is 0 Å². The maximum absolute atomic E-state index is 3.78. The van der Waals surface area contributed by atoms with Crippen LogP contribution in [0.5, 0.6) is 0 Å². The Bertz CT molecular complexity index is 335. The van der Waals surface area contributed by atoms with Crippen molar-refractivity contribution in [3.8, 4) is 0 Å². The second-order valence-corrected chi connectivity index (χ2v) is 5.86. The van der Waals surface area contributed by atoms with E-state index in [1.165, 1.54) is 12.0 Å². The van der Waals surface area contributed by atoms with Crippen LogP contribution in [0.2, 0.25) is 0 Å². The lowest BCUT2D eigenvalue weighted by Gasteiger charge is -2.27. The molecule has 2 unspecified atom stereocenters. The van der Waals surface area contributed by atoms with Crippen molar-refractivity contribution >= 4 is 15.9 Å². The molecular formula is C15H24BrN. The first-order valence-corrected chi connectivity index (χ1v) is 7.39. The molecule has 96 valence electrons. The zero-order valence-electron chi connectivity index (χ0n) is 11.3. The first kappa shape index (κ1) is 14.7. The lowest BCUT2D eigenvalue weighted by Crippen LogP contribution is -2.36. The van der Waals surface area contributed by atoms with Crippen LogP contribution in [0.15, 0.2) is 28.7 Å². The minimum absolute atomic E-state index is 0.458. The molecule has 1 aromatic carbocycles. The van der Waals surface area contributed by atoms with Gasteiger partial charge in [-0.3, -0.25) is 0 Å². The van der Waals surface area contributed by atoms with Crippen molar-refractivity contribution in [1.29, 1.82) is 0 Å². The highest BCUT2D eigenvalue weighted by Crippen LogP contribution is 2.22. The van der Waals surface area contributed by atoms with E-state index in [0.717, 1.165) is 10.9 Å². The molecule has 2 atom stereocenters. The lowest BCUT2D eigenvalue weighted by molar-refractivity contribution is 0.340. The molecule has 1 N–H and O–H groups in total. The first-order chi connectivity index (χ1) is 8.08. The van der Waals surface area contributed by atoms with Gasteiger partial charge in [0.05, 0.1) is 0 Å². The van der Waals surface area contributed by atoms with Gasteiger partial charge in [0, 0.05) is 16.6 Å². The molecule has 0 heterocycles. The van der Waals surface area contributed by atoms with E-state index < -0.39 is 0 Å². The van der Waals surface area contributed by atoms with E-state index in [-0.39, 0.29) is 0 Å². The van der Waals surface area contributed by atoms with Crippen molar-refractivity contribution in [3.05, 3.63) is 34.3 Å². The van der Waals surface area contributed by atoms with E-state index in [1.807, 2.05) is 0 Å². The topological polar surface area (TPSA) is 12.0 Å². The molecule has 0 saturated heterocycles. The molecule has 0 saturated carbocycles. The van der Waals surface area contributed by atoms with E-state index in [0.29, 0.717) is 18.0 Å². The van der Waals surface area contributed by atoms with Gasteiger partial charge < -0.3 is 5.32 Å². The molecule has 0 fully saturated rings. The number of benzene rings is 1. The molecule has 2 heteroatoms. The van der Waals surface area contributed by atoms with E-state index in [1.54, 1.807) is 0 Å². The van der Waals surface area contributed by atoms with Crippen molar-refractivity contribution < 1.29 is 0 Å². The Morgan fingerprint density at radius 3 is 2.35 bits per heavy atom. The maximum Gasteiger partial charge on any atom is 0.0320 e. The van der Waals surface area contributed by atoms with Gasteiger partial charge in [0.25, 0.3) is 0 Å². The summed E-state index contributed by atoms with van der Waals surface area (Å²) >= 11 is 3.54. The zero-order valence-corrected chi connectivity index (χ0v) is 12.9. The average Bonchev–Trinajstić information content (AvgIpc) is 2.30. The molecule has 0 aliphatic rings. The Balaban J connectivity index is 2.78. The Hall–Kier alpha value is -0.340. The van der Waals surface area contributed by atoms with Gasteiger partial charge in [-0.2, -0.15) is 0 Å². The minimum atomic E-state index is 0.458. The van der Waals surface area contributed by atoms with Crippen LogP contribution in [0.4, 0.5) is 0 Å². The summed E-state index contributed by atoms with van der Waals surface area (Å²) < 4.78 is 1.16. The fourth-order valence-electron chi connectivity index (χ4n) is 2.21. The molecule has 0 spiro atoms. The molecular weight excluding hydrogens is 274 g/mol. The van der Waals surface area contributed by atoms with Crippen molar-refractivity contribution in [2.24, 2.45) is 5.92 Å². The van der Waals surface area contributed by atoms with Crippen molar-refractivity contribution in [2.45, 2.75) is 52.6 Å². The van der Waals surface area contributed by atoms with Gasteiger partial charge in [-0.05, 0) is 36.5 Å². The molecule has 17 heavy (non-hydrogen) atoms. The summed E-state index contributed by atoms with van der Waals surface area (Å²) in [4.78, 5) is 0. The summed E-state index contributed by atoms with van der Waals surface area (Å²) in [5, 5.41) is 3.78. The van der Waals surface area contributed by atoms with E-state index in [9.17, 15) is 0 Å². The Morgan fingerprint density at radius 2 is 1.88 bits per heavy atom. The SMILES string of the molecule is CCC(NC(CC)C(C)C)c1cccc(Br)c1. The van der Waals surface area contributed by atoms with E-state index in [2.05, 4.69) is 73.2 Å². The lowest BCUT2D eigenvalue weighted by atomic mass is 9.97. The standard InChI is InChI=1S/C15H24BrN/c1-5-14(11(3)4)17-15(6-2)12-8-7-9-13(16)10-12/h7-11,14-15,17H,5-6H2,1-4H3. The third-order valence-electron chi connectivity index (χ3n) is 3.32. The molecule has 1 rings (SSSR count). The van der Waals surface area contributed by atoms with Crippen LogP contribution < -0.4 is 5.32 Å². The highest BCUT2D eigenvalue weighted by molar-refractivity contribution is 9.10. The smallest absolute Gasteiger partial charge is 0.0320 e. The van der Waals surface area contributed by atoms with Gasteiger partial charge in [-0.15, -0.1) is 0 Å². The van der Waals surface area contributed by atoms with Crippen LogP contribution in [0.25, 0.3) is 0 Å². The monoisotopic (exact) mass is 297 g/mol. The molecule has 1 nitrogen and oxygen atoms in total. The van der Waals surface area contributed by atoms with Crippen LogP contribution in [0, 0.1) is 5.92 Å². The molecule has 0 aromatic heterocycles. The molecule has 0 bridgehead atoms. The van der Waals surface area contributed by atoms with Gasteiger partial charge >= 0.3 is 0 Å². The Labute approximate surface area is 114 Å². The summed E-state index contributed by atoms with van der Waals surface area (Å²) in [5.41, 5.74) is 1.38. The highest BCUT2D eigenvalue weighted by atomic mass is 79.9. The Morgan fingerprint density at radius 1 is 1.18 bits per heavy atom. The van der Waals surface area contributed by atoms with Crippen LogP contribution in [0.1, 0.15) is 52.1 Å². The molecule has 0 radical (unpaired) electrons. The number of rotatable bonds is 6. The number of nitrogens with one attached hydrogen (secondary N) is 1. The van der Waals surface area contributed by atoms with Crippen LogP contribution in [-0.2, 0) is 0 Å². The van der Waals surface area contributed by atoms with Crippen LogP contribution in [-0.4, -0.2) is 6.04 Å². The minimum Gasteiger partial charge on any atom is -0.307 e.